The lowest BCUT2D eigenvalue weighted by Gasteiger charge is -2.22. The third-order valence-electron chi connectivity index (χ3n) is 3.11. The fraction of sp³-hybridized carbons (Fsp3) is 0.500. The Hall–Kier alpha value is -2.15. The molecule has 0 fully saturated rings. The summed E-state index contributed by atoms with van der Waals surface area (Å²) in [6, 6.07) is 4.55. The standard InChI is InChI=1S/C14H21N3O4/c1-4-15-14(19)9-16(5-2)12-7-6-11(10(3)18)8-13(12)17(20)21/h6-8,10,18H,4-5,9H2,1-3H3,(H,15,19). The van der Waals surface area contributed by atoms with E-state index in [9.17, 15) is 20.0 Å². The number of likely N-dealkylation sites (N-methyl/N-ethyl adjacent to an activating group) is 2. The third-order valence-corrected chi connectivity index (χ3v) is 3.11. The largest absolute Gasteiger partial charge is 0.389 e. The molecule has 7 nitrogen and oxygen atoms in total. The van der Waals surface area contributed by atoms with Crippen molar-refractivity contribution in [3.05, 3.63) is 33.9 Å². The number of hydrogen-bond donors (Lipinski definition) is 2. The molecule has 0 bridgehead atoms. The van der Waals surface area contributed by atoms with Crippen LogP contribution in [0.2, 0.25) is 0 Å². The molecule has 0 aliphatic carbocycles. The molecule has 0 aromatic heterocycles. The molecule has 0 heterocycles. The van der Waals surface area contributed by atoms with Gasteiger partial charge in [-0.15, -0.1) is 0 Å². The Morgan fingerprint density at radius 3 is 2.62 bits per heavy atom. The lowest BCUT2D eigenvalue weighted by atomic mass is 10.1. The van der Waals surface area contributed by atoms with E-state index >= 15 is 0 Å². The third kappa shape index (κ3) is 4.42. The van der Waals surface area contributed by atoms with E-state index in [1.807, 2.05) is 13.8 Å². The summed E-state index contributed by atoms with van der Waals surface area (Å²) in [5, 5.41) is 23.4. The number of aliphatic hydroxyl groups excluding tert-OH is 1. The molecule has 0 spiro atoms. The van der Waals surface area contributed by atoms with Crippen molar-refractivity contribution < 1.29 is 14.8 Å². The van der Waals surface area contributed by atoms with Gasteiger partial charge in [-0.25, -0.2) is 0 Å². The highest BCUT2D eigenvalue weighted by atomic mass is 16.6. The molecule has 1 amide bonds. The summed E-state index contributed by atoms with van der Waals surface area (Å²) in [6.07, 6.45) is -0.781. The van der Waals surface area contributed by atoms with Crippen molar-refractivity contribution in [1.29, 1.82) is 0 Å². The number of nitro groups is 1. The average molecular weight is 295 g/mol. The Balaban J connectivity index is 3.13. The highest BCUT2D eigenvalue weighted by Gasteiger charge is 2.21. The van der Waals surface area contributed by atoms with E-state index in [4.69, 9.17) is 0 Å². The monoisotopic (exact) mass is 295 g/mol. The van der Waals surface area contributed by atoms with Crippen LogP contribution in [-0.2, 0) is 4.79 Å². The first-order valence-corrected chi connectivity index (χ1v) is 6.88. The Morgan fingerprint density at radius 1 is 1.48 bits per heavy atom. The molecule has 2 N–H and O–H groups in total. The van der Waals surface area contributed by atoms with Crippen molar-refractivity contribution in [1.82, 2.24) is 5.32 Å². The zero-order chi connectivity index (χ0) is 16.0. The van der Waals surface area contributed by atoms with Gasteiger partial charge in [-0.3, -0.25) is 14.9 Å². The summed E-state index contributed by atoms with van der Waals surface area (Å²) in [5.41, 5.74) is 0.734. The highest BCUT2D eigenvalue weighted by molar-refractivity contribution is 5.82. The lowest BCUT2D eigenvalue weighted by molar-refractivity contribution is -0.384. The van der Waals surface area contributed by atoms with E-state index in [1.54, 1.807) is 24.0 Å². The Bertz CT molecular complexity index is 517. The molecule has 1 aromatic carbocycles. The van der Waals surface area contributed by atoms with Crippen LogP contribution in [0.5, 0.6) is 0 Å². The van der Waals surface area contributed by atoms with E-state index in [1.165, 1.54) is 6.07 Å². The topological polar surface area (TPSA) is 95.7 Å². The number of carbonyl (C=O) groups is 1. The molecule has 0 aliphatic rings. The number of rotatable bonds is 7. The Morgan fingerprint density at radius 2 is 2.14 bits per heavy atom. The predicted octanol–water partition coefficient (Wildman–Crippen LogP) is 1.61. The van der Waals surface area contributed by atoms with Gasteiger partial charge in [-0.1, -0.05) is 6.07 Å². The smallest absolute Gasteiger partial charge is 0.292 e. The molecule has 21 heavy (non-hydrogen) atoms. The maximum atomic E-state index is 11.7. The van der Waals surface area contributed by atoms with Gasteiger partial charge < -0.3 is 15.3 Å². The first-order valence-electron chi connectivity index (χ1n) is 6.88. The van der Waals surface area contributed by atoms with E-state index < -0.39 is 11.0 Å². The van der Waals surface area contributed by atoms with E-state index in [-0.39, 0.29) is 18.1 Å². The molecule has 0 saturated carbocycles. The number of nitrogens with zero attached hydrogens (tertiary/aromatic N) is 2. The first-order chi connectivity index (χ1) is 9.90. The molecule has 0 radical (unpaired) electrons. The summed E-state index contributed by atoms with van der Waals surface area (Å²) in [6.45, 7) is 6.22. The van der Waals surface area contributed by atoms with Crippen molar-refractivity contribution in [2.45, 2.75) is 26.9 Å². The number of hydrogen-bond acceptors (Lipinski definition) is 5. The number of benzene rings is 1. The van der Waals surface area contributed by atoms with Crippen LogP contribution in [-0.4, -0.2) is 35.6 Å². The van der Waals surface area contributed by atoms with Crippen molar-refractivity contribution in [3.8, 4) is 0 Å². The summed E-state index contributed by atoms with van der Waals surface area (Å²) in [4.78, 5) is 24.0. The van der Waals surface area contributed by atoms with Crippen LogP contribution in [0.15, 0.2) is 18.2 Å². The minimum Gasteiger partial charge on any atom is -0.389 e. The molecule has 1 unspecified atom stereocenters. The van der Waals surface area contributed by atoms with Gasteiger partial charge in [0.25, 0.3) is 5.69 Å². The molecule has 7 heteroatoms. The number of anilines is 1. The van der Waals surface area contributed by atoms with Crippen LogP contribution in [0.25, 0.3) is 0 Å². The number of nitro benzene ring substituents is 1. The van der Waals surface area contributed by atoms with E-state index in [0.717, 1.165) is 0 Å². The normalized spacial score (nSPS) is 11.8. The quantitative estimate of drug-likeness (QED) is 0.588. The SMILES string of the molecule is CCNC(=O)CN(CC)c1ccc(C(C)O)cc1[N+](=O)[O-]. The number of nitrogens with one attached hydrogen (secondary N) is 1. The van der Waals surface area contributed by atoms with Crippen LogP contribution in [0.1, 0.15) is 32.4 Å². The molecule has 1 atom stereocenters. The van der Waals surface area contributed by atoms with E-state index in [2.05, 4.69) is 5.32 Å². The zero-order valence-corrected chi connectivity index (χ0v) is 12.5. The second-order valence-corrected chi connectivity index (χ2v) is 4.65. The second kappa shape index (κ2) is 7.58. The minimum absolute atomic E-state index is 0.0548. The van der Waals surface area contributed by atoms with Crippen LogP contribution in [0.3, 0.4) is 0 Å². The van der Waals surface area contributed by atoms with E-state index in [0.29, 0.717) is 24.3 Å². The predicted molar refractivity (Wildman–Crippen MR) is 80.3 cm³/mol. The first kappa shape index (κ1) is 16.9. The van der Waals surface area contributed by atoms with Gasteiger partial charge in [0, 0.05) is 19.2 Å². The molecule has 1 aromatic rings. The van der Waals surface area contributed by atoms with Gasteiger partial charge in [0.2, 0.25) is 5.91 Å². The minimum atomic E-state index is -0.781. The molecule has 1 rings (SSSR count). The molecule has 0 aliphatic heterocycles. The van der Waals surface area contributed by atoms with Crippen molar-refractivity contribution in [3.63, 3.8) is 0 Å². The molecular formula is C14H21N3O4. The lowest BCUT2D eigenvalue weighted by Crippen LogP contribution is -2.37. The summed E-state index contributed by atoms with van der Waals surface area (Å²) in [7, 11) is 0. The van der Waals surface area contributed by atoms with Crippen molar-refractivity contribution >= 4 is 17.3 Å². The number of aliphatic hydroxyl groups is 1. The fourth-order valence-corrected chi connectivity index (χ4v) is 2.01. The van der Waals surface area contributed by atoms with Crippen LogP contribution in [0, 0.1) is 10.1 Å². The summed E-state index contributed by atoms with van der Waals surface area (Å²) < 4.78 is 0. The average Bonchev–Trinajstić information content (AvgIpc) is 2.44. The van der Waals surface area contributed by atoms with Gasteiger partial charge in [0.15, 0.2) is 0 Å². The van der Waals surface area contributed by atoms with Crippen molar-refractivity contribution in [2.75, 3.05) is 24.5 Å². The maximum absolute atomic E-state index is 11.7. The molecule has 0 saturated heterocycles. The van der Waals surface area contributed by atoms with Crippen LogP contribution >= 0.6 is 0 Å². The maximum Gasteiger partial charge on any atom is 0.292 e. The fourth-order valence-electron chi connectivity index (χ4n) is 2.01. The van der Waals surface area contributed by atoms with Gasteiger partial charge in [-0.05, 0) is 32.4 Å². The zero-order valence-electron chi connectivity index (χ0n) is 12.5. The number of amides is 1. The molecule has 116 valence electrons. The van der Waals surface area contributed by atoms with Gasteiger partial charge >= 0.3 is 0 Å². The molecular weight excluding hydrogens is 274 g/mol. The Labute approximate surface area is 123 Å². The van der Waals surface area contributed by atoms with Crippen LogP contribution < -0.4 is 10.2 Å². The van der Waals surface area contributed by atoms with Gasteiger partial charge in [0.1, 0.15) is 5.69 Å². The number of carbonyl (C=O) groups excluding carboxylic acids is 1. The highest BCUT2D eigenvalue weighted by Crippen LogP contribution is 2.31. The van der Waals surface area contributed by atoms with Gasteiger partial charge in [0.05, 0.1) is 17.6 Å². The van der Waals surface area contributed by atoms with Crippen molar-refractivity contribution in [2.24, 2.45) is 0 Å². The Kier molecular flexibility index (Phi) is 6.10. The van der Waals surface area contributed by atoms with Crippen LogP contribution in [0.4, 0.5) is 11.4 Å². The second-order valence-electron chi connectivity index (χ2n) is 4.65. The summed E-state index contributed by atoms with van der Waals surface area (Å²) in [5.74, 6) is -0.187. The summed E-state index contributed by atoms with van der Waals surface area (Å²) >= 11 is 0. The van der Waals surface area contributed by atoms with Gasteiger partial charge in [-0.2, -0.15) is 0 Å².